The Balaban J connectivity index is 2.38. The highest BCUT2D eigenvalue weighted by Crippen LogP contribution is 2.10. The van der Waals surface area contributed by atoms with E-state index in [4.69, 9.17) is 5.73 Å². The summed E-state index contributed by atoms with van der Waals surface area (Å²) in [5, 5.41) is 3.43. The largest absolute Gasteiger partial charge is 0.354 e. The van der Waals surface area contributed by atoms with Gasteiger partial charge in [0.15, 0.2) is 0 Å². The van der Waals surface area contributed by atoms with E-state index in [1.807, 2.05) is 30.3 Å². The Kier molecular flexibility index (Phi) is 6.08. The number of nitrogens with two attached hydrogens (primary N) is 1. The van der Waals surface area contributed by atoms with E-state index in [9.17, 15) is 4.79 Å². The van der Waals surface area contributed by atoms with Gasteiger partial charge in [0.25, 0.3) is 0 Å². The molecular formula is C13H20N2OS. The summed E-state index contributed by atoms with van der Waals surface area (Å²) in [5.74, 6) is -0.107. The van der Waals surface area contributed by atoms with Crippen molar-refractivity contribution in [2.45, 2.75) is 24.6 Å². The molecule has 1 unspecified atom stereocenters. The van der Waals surface area contributed by atoms with Crippen LogP contribution in [0.25, 0.3) is 0 Å². The van der Waals surface area contributed by atoms with Gasteiger partial charge >= 0.3 is 0 Å². The summed E-state index contributed by atoms with van der Waals surface area (Å²) >= 11 is 1.80. The molecule has 0 saturated heterocycles. The summed E-state index contributed by atoms with van der Waals surface area (Å²) in [6.45, 7) is 2.83. The van der Waals surface area contributed by atoms with Gasteiger partial charge in [-0.05, 0) is 18.2 Å². The molecular weight excluding hydrogens is 232 g/mol. The van der Waals surface area contributed by atoms with Crippen LogP contribution in [0.5, 0.6) is 0 Å². The molecule has 0 saturated carbocycles. The molecule has 0 aliphatic carbocycles. The zero-order valence-electron chi connectivity index (χ0n) is 10.3. The molecule has 0 fully saturated rings. The molecule has 94 valence electrons. The van der Waals surface area contributed by atoms with Crippen LogP contribution < -0.4 is 11.1 Å². The van der Waals surface area contributed by atoms with E-state index < -0.39 is 6.04 Å². The third kappa shape index (κ3) is 4.79. The number of hydrogen-bond donors (Lipinski definition) is 2. The lowest BCUT2D eigenvalue weighted by Gasteiger charge is -2.13. The third-order valence-corrected chi connectivity index (χ3v) is 3.73. The second-order valence-corrected chi connectivity index (χ2v) is 5.29. The Morgan fingerprint density at radius 3 is 2.65 bits per heavy atom. The second-order valence-electron chi connectivity index (χ2n) is 4.01. The SMILES string of the molecule is CSC(C)CCNC(=O)[C@H](N)c1ccccc1. The average Bonchev–Trinajstić information content (AvgIpc) is 2.38. The molecule has 1 rings (SSSR count). The van der Waals surface area contributed by atoms with E-state index >= 15 is 0 Å². The monoisotopic (exact) mass is 252 g/mol. The predicted octanol–water partition coefficient (Wildman–Crippen LogP) is 1.94. The van der Waals surface area contributed by atoms with Crippen LogP contribution in [0.15, 0.2) is 30.3 Å². The topological polar surface area (TPSA) is 55.1 Å². The fraction of sp³-hybridized carbons (Fsp3) is 0.462. The number of nitrogens with one attached hydrogen (secondary N) is 1. The van der Waals surface area contributed by atoms with Crippen LogP contribution in [0.2, 0.25) is 0 Å². The maximum absolute atomic E-state index is 11.8. The molecule has 0 aromatic heterocycles. The van der Waals surface area contributed by atoms with Crippen molar-refractivity contribution in [3.8, 4) is 0 Å². The normalized spacial score (nSPS) is 14.1. The zero-order chi connectivity index (χ0) is 12.7. The summed E-state index contributed by atoms with van der Waals surface area (Å²) in [6.07, 6.45) is 3.04. The number of thioether (sulfide) groups is 1. The highest BCUT2D eigenvalue weighted by atomic mass is 32.2. The van der Waals surface area contributed by atoms with E-state index in [0.717, 1.165) is 12.0 Å². The van der Waals surface area contributed by atoms with Gasteiger partial charge in [-0.2, -0.15) is 11.8 Å². The number of rotatable bonds is 6. The van der Waals surface area contributed by atoms with Crippen LogP contribution in [-0.2, 0) is 4.79 Å². The fourth-order valence-corrected chi connectivity index (χ4v) is 1.79. The van der Waals surface area contributed by atoms with Gasteiger partial charge in [-0.15, -0.1) is 0 Å². The Hall–Kier alpha value is -1.00. The van der Waals surface area contributed by atoms with E-state index in [1.165, 1.54) is 0 Å². The summed E-state index contributed by atoms with van der Waals surface area (Å²) in [4.78, 5) is 11.8. The molecule has 0 heterocycles. The van der Waals surface area contributed by atoms with Crippen molar-refractivity contribution in [2.24, 2.45) is 5.73 Å². The van der Waals surface area contributed by atoms with Crippen molar-refractivity contribution in [3.63, 3.8) is 0 Å². The fourth-order valence-electron chi connectivity index (χ4n) is 1.44. The van der Waals surface area contributed by atoms with Crippen LogP contribution in [-0.4, -0.2) is 24.0 Å². The molecule has 2 atom stereocenters. The minimum atomic E-state index is -0.569. The average molecular weight is 252 g/mol. The zero-order valence-corrected chi connectivity index (χ0v) is 11.2. The van der Waals surface area contributed by atoms with E-state index in [2.05, 4.69) is 18.5 Å². The molecule has 1 aromatic carbocycles. The van der Waals surface area contributed by atoms with Crippen LogP contribution >= 0.6 is 11.8 Å². The molecule has 17 heavy (non-hydrogen) atoms. The molecule has 0 spiro atoms. The first-order chi connectivity index (χ1) is 8.15. The van der Waals surface area contributed by atoms with Crippen LogP contribution in [0, 0.1) is 0 Å². The standard InChI is InChI=1S/C13H20N2OS/c1-10(17-2)8-9-15-13(16)12(14)11-6-4-3-5-7-11/h3-7,10,12H,8-9,14H2,1-2H3,(H,15,16)/t10?,12-/m1/s1. The van der Waals surface area contributed by atoms with Crippen LogP contribution in [0.1, 0.15) is 24.9 Å². The first-order valence-electron chi connectivity index (χ1n) is 5.76. The lowest BCUT2D eigenvalue weighted by molar-refractivity contribution is -0.122. The molecule has 0 bridgehead atoms. The van der Waals surface area contributed by atoms with Gasteiger partial charge in [0.05, 0.1) is 0 Å². The maximum Gasteiger partial charge on any atom is 0.241 e. The van der Waals surface area contributed by atoms with Crippen LogP contribution in [0.4, 0.5) is 0 Å². The number of amides is 1. The van der Waals surface area contributed by atoms with E-state index in [-0.39, 0.29) is 5.91 Å². The molecule has 1 aromatic rings. The summed E-state index contributed by atoms with van der Waals surface area (Å²) < 4.78 is 0. The van der Waals surface area contributed by atoms with Gasteiger partial charge < -0.3 is 11.1 Å². The van der Waals surface area contributed by atoms with Gasteiger partial charge in [0, 0.05) is 11.8 Å². The Bertz CT molecular complexity index is 343. The molecule has 1 amide bonds. The van der Waals surface area contributed by atoms with Crippen molar-refractivity contribution >= 4 is 17.7 Å². The Morgan fingerprint density at radius 1 is 1.41 bits per heavy atom. The lowest BCUT2D eigenvalue weighted by atomic mass is 10.1. The van der Waals surface area contributed by atoms with Crippen LogP contribution in [0.3, 0.4) is 0 Å². The molecule has 3 nitrogen and oxygen atoms in total. The Morgan fingerprint density at radius 2 is 2.06 bits per heavy atom. The lowest BCUT2D eigenvalue weighted by Crippen LogP contribution is -2.35. The maximum atomic E-state index is 11.8. The first kappa shape index (κ1) is 14.1. The quantitative estimate of drug-likeness (QED) is 0.813. The van der Waals surface area contributed by atoms with Gasteiger partial charge in [-0.25, -0.2) is 0 Å². The smallest absolute Gasteiger partial charge is 0.241 e. The minimum absolute atomic E-state index is 0.107. The van der Waals surface area contributed by atoms with E-state index in [0.29, 0.717) is 11.8 Å². The predicted molar refractivity (Wildman–Crippen MR) is 74.0 cm³/mol. The van der Waals surface area contributed by atoms with Gasteiger partial charge in [-0.3, -0.25) is 4.79 Å². The molecule has 4 heteroatoms. The van der Waals surface area contributed by atoms with E-state index in [1.54, 1.807) is 11.8 Å². The summed E-state index contributed by atoms with van der Waals surface area (Å²) in [5.41, 5.74) is 6.72. The highest BCUT2D eigenvalue weighted by Gasteiger charge is 2.14. The molecule has 0 radical (unpaired) electrons. The van der Waals surface area contributed by atoms with Crippen molar-refractivity contribution in [2.75, 3.05) is 12.8 Å². The van der Waals surface area contributed by atoms with Gasteiger partial charge in [0.2, 0.25) is 5.91 Å². The van der Waals surface area contributed by atoms with Gasteiger partial charge in [-0.1, -0.05) is 37.3 Å². The Labute approximate surface area is 107 Å². The summed E-state index contributed by atoms with van der Waals surface area (Å²) in [7, 11) is 0. The third-order valence-electron chi connectivity index (χ3n) is 2.69. The molecule has 0 aliphatic rings. The summed E-state index contributed by atoms with van der Waals surface area (Å²) in [6, 6.07) is 8.86. The van der Waals surface area contributed by atoms with Crippen molar-refractivity contribution < 1.29 is 4.79 Å². The number of benzene rings is 1. The van der Waals surface area contributed by atoms with Crippen molar-refractivity contribution in [1.29, 1.82) is 0 Å². The molecule has 0 aliphatic heterocycles. The highest BCUT2D eigenvalue weighted by molar-refractivity contribution is 7.99. The van der Waals surface area contributed by atoms with Crippen molar-refractivity contribution in [1.82, 2.24) is 5.32 Å². The molecule has 3 N–H and O–H groups in total. The second kappa shape index (κ2) is 7.35. The van der Waals surface area contributed by atoms with Crippen molar-refractivity contribution in [3.05, 3.63) is 35.9 Å². The first-order valence-corrected chi connectivity index (χ1v) is 7.05. The minimum Gasteiger partial charge on any atom is -0.354 e. The number of hydrogen-bond acceptors (Lipinski definition) is 3. The number of carbonyl (C=O) groups is 1. The number of carbonyl (C=O) groups excluding carboxylic acids is 1. The van der Waals surface area contributed by atoms with Gasteiger partial charge in [0.1, 0.15) is 6.04 Å².